The molecule has 1 aliphatic heterocycles. The molecule has 0 aromatic carbocycles. The van der Waals surface area contributed by atoms with Crippen LogP contribution in [0.15, 0.2) is 16.5 Å². The summed E-state index contributed by atoms with van der Waals surface area (Å²) in [7, 11) is -0.680. The van der Waals surface area contributed by atoms with Crippen LogP contribution in [0.4, 0.5) is 8.78 Å². The Labute approximate surface area is 117 Å². The van der Waals surface area contributed by atoms with Crippen LogP contribution in [0.5, 0.6) is 0 Å². The Morgan fingerprint density at radius 1 is 1.15 bits per heavy atom. The fourth-order valence-corrected chi connectivity index (χ4v) is 1.90. The van der Waals surface area contributed by atoms with E-state index in [2.05, 4.69) is 0 Å². The van der Waals surface area contributed by atoms with Gasteiger partial charge in [0.2, 0.25) is 0 Å². The fraction of sp³-hybridized carbons (Fsp3) is 0.692. The highest BCUT2D eigenvalue weighted by atomic mass is 19.3. The van der Waals surface area contributed by atoms with Crippen LogP contribution < -0.4 is 11.4 Å². The first-order valence-corrected chi connectivity index (χ1v) is 6.58. The first-order valence-electron chi connectivity index (χ1n) is 6.58. The number of nitrogens with two attached hydrogens (primary N) is 1. The van der Waals surface area contributed by atoms with E-state index in [0.29, 0.717) is 5.66 Å². The molecule has 2 N–H and O–H groups in total. The molecule has 1 saturated heterocycles. The van der Waals surface area contributed by atoms with Gasteiger partial charge in [0.05, 0.1) is 24.2 Å². The molecule has 0 amide bonds. The van der Waals surface area contributed by atoms with Crippen molar-refractivity contribution in [2.45, 2.75) is 51.2 Å². The van der Waals surface area contributed by atoms with Crippen molar-refractivity contribution in [1.29, 1.82) is 0 Å². The summed E-state index contributed by atoms with van der Waals surface area (Å²) in [6.45, 7) is 6.96. The number of rotatable bonds is 4. The summed E-state index contributed by atoms with van der Waals surface area (Å²) >= 11 is 0. The summed E-state index contributed by atoms with van der Waals surface area (Å²) in [6, 6.07) is 3.11. The van der Waals surface area contributed by atoms with E-state index >= 15 is 0 Å². The van der Waals surface area contributed by atoms with Crippen molar-refractivity contribution in [3.8, 4) is 0 Å². The quantitative estimate of drug-likeness (QED) is 0.857. The van der Waals surface area contributed by atoms with Crippen LogP contribution in [-0.2, 0) is 15.7 Å². The maximum atomic E-state index is 13.2. The standard InChI is InChI=1S/C13H20BF2NO3/c1-11(2)12(3,4)20-14(19-11)10-6-5-9(18-10)7-13(15,16)8-17/h5-6H,7-8,17H2,1-4H3. The van der Waals surface area contributed by atoms with Crippen LogP contribution in [0.3, 0.4) is 0 Å². The van der Waals surface area contributed by atoms with E-state index in [4.69, 9.17) is 19.5 Å². The molecule has 2 heterocycles. The molecule has 2 rings (SSSR count). The van der Waals surface area contributed by atoms with Gasteiger partial charge in [-0.25, -0.2) is 8.78 Å². The van der Waals surface area contributed by atoms with Gasteiger partial charge in [-0.1, -0.05) is 0 Å². The molecule has 1 aromatic heterocycles. The minimum atomic E-state index is -2.97. The second-order valence-corrected chi connectivity index (χ2v) is 6.13. The third-order valence-electron chi connectivity index (χ3n) is 3.90. The summed E-state index contributed by atoms with van der Waals surface area (Å²) in [6.07, 6.45) is -0.525. The zero-order chi connectivity index (χ0) is 15.2. The molecule has 20 heavy (non-hydrogen) atoms. The van der Waals surface area contributed by atoms with Crippen LogP contribution >= 0.6 is 0 Å². The molecule has 1 fully saturated rings. The molecule has 0 aliphatic carbocycles. The predicted molar refractivity (Wildman–Crippen MR) is 72.1 cm³/mol. The minimum absolute atomic E-state index is 0.171. The second-order valence-electron chi connectivity index (χ2n) is 6.13. The molecule has 0 radical (unpaired) electrons. The predicted octanol–water partition coefficient (Wildman–Crippen LogP) is 1.72. The van der Waals surface area contributed by atoms with Crippen molar-refractivity contribution >= 4 is 12.8 Å². The second kappa shape index (κ2) is 4.82. The Hall–Kier alpha value is -0.915. The average molecular weight is 287 g/mol. The van der Waals surface area contributed by atoms with Crippen molar-refractivity contribution in [2.75, 3.05) is 6.54 Å². The van der Waals surface area contributed by atoms with E-state index in [1.165, 1.54) is 6.07 Å². The zero-order valence-corrected chi connectivity index (χ0v) is 12.2. The van der Waals surface area contributed by atoms with E-state index in [0.717, 1.165) is 0 Å². The van der Waals surface area contributed by atoms with E-state index in [1.807, 2.05) is 27.7 Å². The third-order valence-corrected chi connectivity index (χ3v) is 3.90. The van der Waals surface area contributed by atoms with Gasteiger partial charge in [0.1, 0.15) is 11.4 Å². The Morgan fingerprint density at radius 2 is 1.70 bits per heavy atom. The van der Waals surface area contributed by atoms with Crippen molar-refractivity contribution < 1.29 is 22.5 Å². The topological polar surface area (TPSA) is 57.6 Å². The maximum Gasteiger partial charge on any atom is 0.532 e. The lowest BCUT2D eigenvalue weighted by atomic mass is 9.86. The molecule has 0 unspecified atom stereocenters. The van der Waals surface area contributed by atoms with Crippen LogP contribution in [-0.4, -0.2) is 30.8 Å². The lowest BCUT2D eigenvalue weighted by molar-refractivity contribution is 0.00578. The molecular weight excluding hydrogens is 267 g/mol. The Balaban J connectivity index is 2.11. The van der Waals surface area contributed by atoms with Gasteiger partial charge in [-0.15, -0.1) is 0 Å². The molecule has 0 saturated carbocycles. The minimum Gasteiger partial charge on any atom is -0.469 e. The lowest BCUT2D eigenvalue weighted by Gasteiger charge is -2.32. The lowest BCUT2D eigenvalue weighted by Crippen LogP contribution is -2.41. The number of hydrogen-bond acceptors (Lipinski definition) is 4. The highest BCUT2D eigenvalue weighted by Gasteiger charge is 2.53. The average Bonchev–Trinajstić information content (AvgIpc) is 2.82. The van der Waals surface area contributed by atoms with E-state index in [-0.39, 0.29) is 5.76 Å². The van der Waals surface area contributed by atoms with Gasteiger partial charge in [0.15, 0.2) is 0 Å². The van der Waals surface area contributed by atoms with Crippen LogP contribution in [0.25, 0.3) is 0 Å². The van der Waals surface area contributed by atoms with Gasteiger partial charge in [0.25, 0.3) is 5.92 Å². The van der Waals surface area contributed by atoms with Gasteiger partial charge in [-0.3, -0.25) is 0 Å². The SMILES string of the molecule is CC1(C)OB(c2ccc(CC(F)(F)CN)o2)OC1(C)C. The highest BCUT2D eigenvalue weighted by molar-refractivity contribution is 6.60. The Bertz CT molecular complexity index is 472. The van der Waals surface area contributed by atoms with Crippen LogP contribution in [0.1, 0.15) is 33.5 Å². The van der Waals surface area contributed by atoms with Crippen molar-refractivity contribution in [3.63, 3.8) is 0 Å². The molecule has 1 aromatic rings. The third kappa shape index (κ3) is 2.89. The number of alkyl halides is 2. The summed E-state index contributed by atoms with van der Waals surface area (Å²) in [5.41, 5.74) is 4.42. The normalized spacial score (nSPS) is 21.4. The van der Waals surface area contributed by atoms with Gasteiger partial charge < -0.3 is 19.5 Å². The molecule has 1 aliphatic rings. The molecule has 0 spiro atoms. The van der Waals surface area contributed by atoms with E-state index in [1.54, 1.807) is 6.07 Å². The number of furan rings is 1. The summed E-state index contributed by atoms with van der Waals surface area (Å²) in [5, 5.41) is 0. The molecule has 0 atom stereocenters. The summed E-state index contributed by atoms with van der Waals surface area (Å²) in [4.78, 5) is 0. The largest absolute Gasteiger partial charge is 0.532 e. The summed E-state index contributed by atoms with van der Waals surface area (Å²) in [5.74, 6) is -2.80. The number of hydrogen-bond donors (Lipinski definition) is 1. The van der Waals surface area contributed by atoms with Crippen LogP contribution in [0.2, 0.25) is 0 Å². The molecule has 0 bridgehead atoms. The van der Waals surface area contributed by atoms with Crippen molar-refractivity contribution in [1.82, 2.24) is 0 Å². The smallest absolute Gasteiger partial charge is 0.469 e. The Morgan fingerprint density at radius 3 is 2.20 bits per heavy atom. The molecule has 4 nitrogen and oxygen atoms in total. The molecule has 112 valence electrons. The number of halogens is 2. The van der Waals surface area contributed by atoms with Gasteiger partial charge in [-0.2, -0.15) is 0 Å². The van der Waals surface area contributed by atoms with Gasteiger partial charge >= 0.3 is 7.12 Å². The van der Waals surface area contributed by atoms with Crippen molar-refractivity contribution in [2.24, 2.45) is 5.73 Å². The first-order chi connectivity index (χ1) is 9.06. The Kier molecular flexibility index (Phi) is 3.73. The van der Waals surface area contributed by atoms with Crippen molar-refractivity contribution in [3.05, 3.63) is 17.9 Å². The maximum absolute atomic E-state index is 13.2. The van der Waals surface area contributed by atoms with Crippen LogP contribution in [0, 0.1) is 0 Å². The monoisotopic (exact) mass is 287 g/mol. The van der Waals surface area contributed by atoms with E-state index in [9.17, 15) is 8.78 Å². The van der Waals surface area contributed by atoms with Gasteiger partial charge in [-0.05, 0) is 39.8 Å². The zero-order valence-electron chi connectivity index (χ0n) is 12.2. The molecule has 7 heteroatoms. The van der Waals surface area contributed by atoms with E-state index < -0.39 is 37.2 Å². The molecular formula is C13H20BF2NO3. The fourth-order valence-electron chi connectivity index (χ4n) is 1.90. The first kappa shape index (κ1) is 15.5. The van der Waals surface area contributed by atoms with Gasteiger partial charge in [0, 0.05) is 0 Å². The highest BCUT2D eigenvalue weighted by Crippen LogP contribution is 2.36. The summed E-state index contributed by atoms with van der Waals surface area (Å²) < 4.78 is 43.4.